The predicted octanol–water partition coefficient (Wildman–Crippen LogP) is 4.18. The molecule has 0 N–H and O–H groups in total. The van der Waals surface area contributed by atoms with E-state index in [-0.39, 0.29) is 8.81 Å². The predicted molar refractivity (Wildman–Crippen MR) is 42.0 cm³/mol. The minimum atomic E-state index is -4.32. The molecule has 0 fully saturated rings. The Balaban J connectivity index is 3.15. The number of thiophene rings is 1. The van der Waals surface area contributed by atoms with Gasteiger partial charge in [0.15, 0.2) is 0 Å². The summed E-state index contributed by atoms with van der Waals surface area (Å²) in [5.74, 6) is 0. The first kappa shape index (κ1) is 9.35. The lowest BCUT2D eigenvalue weighted by atomic mass is 10.3. The zero-order valence-corrected chi connectivity index (χ0v) is 8.03. The van der Waals surface area contributed by atoms with Gasteiger partial charge in [-0.05, 0) is 15.9 Å². The van der Waals surface area contributed by atoms with E-state index in [2.05, 4.69) is 15.9 Å². The maximum atomic E-state index is 12.0. The Bertz CT molecular complexity index is 267. The van der Waals surface area contributed by atoms with Gasteiger partial charge in [-0.15, -0.1) is 11.3 Å². The third-order valence-corrected chi connectivity index (χ3v) is 3.53. The molecule has 11 heavy (non-hydrogen) atoms. The summed E-state index contributed by atoms with van der Waals surface area (Å²) in [6.45, 7) is 0. The van der Waals surface area contributed by atoms with Gasteiger partial charge < -0.3 is 0 Å². The molecule has 0 aliphatic carbocycles. The first-order valence-electron chi connectivity index (χ1n) is 2.42. The average molecular weight is 265 g/mol. The number of rotatable bonds is 0. The topological polar surface area (TPSA) is 0 Å². The average Bonchev–Trinajstić information content (AvgIpc) is 2.11. The lowest BCUT2D eigenvalue weighted by Crippen LogP contribution is -2.03. The summed E-state index contributed by atoms with van der Waals surface area (Å²) in [4.78, 5) is 0. The Labute approximate surface area is 78.1 Å². The van der Waals surface area contributed by atoms with Gasteiger partial charge in [-0.3, -0.25) is 0 Å². The Morgan fingerprint density at radius 2 is 2.00 bits per heavy atom. The molecule has 0 atom stereocenters. The maximum absolute atomic E-state index is 12.0. The second-order valence-corrected chi connectivity index (χ2v) is 4.01. The van der Waals surface area contributed by atoms with Crippen LogP contribution < -0.4 is 0 Å². The molecule has 0 bridgehead atoms. The third-order valence-electron chi connectivity index (χ3n) is 0.995. The molecular formula is C5HBrClF3S. The van der Waals surface area contributed by atoms with Gasteiger partial charge in [0.05, 0.1) is 10.0 Å². The van der Waals surface area contributed by atoms with Crippen molar-refractivity contribution < 1.29 is 13.2 Å². The zero-order valence-electron chi connectivity index (χ0n) is 4.88. The highest BCUT2D eigenvalue weighted by molar-refractivity contribution is 9.10. The molecule has 0 saturated carbocycles. The van der Waals surface area contributed by atoms with Crippen LogP contribution in [0, 0.1) is 0 Å². The molecular weight excluding hydrogens is 264 g/mol. The molecule has 0 spiro atoms. The fourth-order valence-corrected chi connectivity index (χ4v) is 2.20. The number of hydrogen-bond donors (Lipinski definition) is 0. The van der Waals surface area contributed by atoms with Crippen molar-refractivity contribution in [1.29, 1.82) is 0 Å². The van der Waals surface area contributed by atoms with Crippen LogP contribution in [0.5, 0.6) is 0 Å². The van der Waals surface area contributed by atoms with E-state index in [4.69, 9.17) is 11.6 Å². The standard InChI is InChI=1S/C5HBrClF3S/c6-3-2(5(8,9)10)1-11-4(3)7/h1H. The molecule has 0 amide bonds. The Morgan fingerprint density at radius 3 is 2.18 bits per heavy atom. The minimum absolute atomic E-state index is 0.0725. The molecule has 1 heterocycles. The highest BCUT2D eigenvalue weighted by atomic mass is 79.9. The monoisotopic (exact) mass is 264 g/mol. The minimum Gasteiger partial charge on any atom is -0.166 e. The van der Waals surface area contributed by atoms with E-state index in [1.54, 1.807) is 0 Å². The largest absolute Gasteiger partial charge is 0.418 e. The lowest BCUT2D eigenvalue weighted by Gasteiger charge is -2.02. The van der Waals surface area contributed by atoms with Gasteiger partial charge >= 0.3 is 6.18 Å². The summed E-state index contributed by atoms with van der Waals surface area (Å²) in [5, 5.41) is 0.979. The summed E-state index contributed by atoms with van der Waals surface area (Å²) in [6, 6.07) is 0. The molecule has 62 valence electrons. The fourth-order valence-electron chi connectivity index (χ4n) is 0.511. The molecule has 0 aliphatic heterocycles. The van der Waals surface area contributed by atoms with Crippen LogP contribution in [0.2, 0.25) is 4.34 Å². The van der Waals surface area contributed by atoms with Crippen molar-refractivity contribution in [3.63, 3.8) is 0 Å². The number of halogens is 5. The van der Waals surface area contributed by atoms with Crippen molar-refractivity contribution >= 4 is 38.9 Å². The van der Waals surface area contributed by atoms with Gasteiger partial charge in [-0.25, -0.2) is 0 Å². The molecule has 0 radical (unpaired) electrons. The van der Waals surface area contributed by atoms with Gasteiger partial charge in [0.25, 0.3) is 0 Å². The van der Waals surface area contributed by atoms with E-state index in [1.165, 1.54) is 0 Å². The molecule has 6 heteroatoms. The van der Waals surface area contributed by atoms with Gasteiger partial charge in [0.1, 0.15) is 4.34 Å². The van der Waals surface area contributed by atoms with E-state index in [0.29, 0.717) is 0 Å². The smallest absolute Gasteiger partial charge is 0.166 e. The SMILES string of the molecule is FC(F)(F)c1csc(Cl)c1Br. The second kappa shape index (κ2) is 2.95. The van der Waals surface area contributed by atoms with Crippen LogP contribution in [0.15, 0.2) is 9.85 Å². The summed E-state index contributed by atoms with van der Waals surface area (Å²) in [6.07, 6.45) is -4.32. The van der Waals surface area contributed by atoms with Crippen LogP contribution >= 0.6 is 38.9 Å². The highest BCUT2D eigenvalue weighted by Gasteiger charge is 2.34. The van der Waals surface area contributed by atoms with Crippen molar-refractivity contribution in [3.8, 4) is 0 Å². The van der Waals surface area contributed by atoms with E-state index in [1.807, 2.05) is 0 Å². The Hall–Kier alpha value is 0.260. The lowest BCUT2D eigenvalue weighted by molar-refractivity contribution is -0.137. The molecule has 0 aromatic carbocycles. The molecule has 0 aliphatic rings. The first-order chi connectivity index (χ1) is 4.93. The van der Waals surface area contributed by atoms with Crippen LogP contribution in [0.3, 0.4) is 0 Å². The second-order valence-electron chi connectivity index (χ2n) is 1.73. The first-order valence-corrected chi connectivity index (χ1v) is 4.47. The van der Waals surface area contributed by atoms with Gasteiger partial charge in [0.2, 0.25) is 0 Å². The summed E-state index contributed by atoms with van der Waals surface area (Å²) >= 11 is 9.01. The van der Waals surface area contributed by atoms with Crippen molar-refractivity contribution in [3.05, 3.63) is 19.8 Å². The van der Waals surface area contributed by atoms with Gasteiger partial charge in [-0.2, -0.15) is 13.2 Å². The molecule has 0 nitrogen and oxygen atoms in total. The maximum Gasteiger partial charge on any atom is 0.418 e. The molecule has 1 rings (SSSR count). The molecule has 1 aromatic rings. The van der Waals surface area contributed by atoms with E-state index in [9.17, 15) is 13.2 Å². The van der Waals surface area contributed by atoms with E-state index in [0.717, 1.165) is 16.7 Å². The van der Waals surface area contributed by atoms with Crippen molar-refractivity contribution in [2.75, 3.05) is 0 Å². The normalized spacial score (nSPS) is 12.1. The van der Waals surface area contributed by atoms with E-state index < -0.39 is 11.7 Å². The fraction of sp³-hybridized carbons (Fsp3) is 0.200. The molecule has 0 unspecified atom stereocenters. The number of hydrogen-bond acceptors (Lipinski definition) is 1. The zero-order chi connectivity index (χ0) is 8.65. The Morgan fingerprint density at radius 1 is 1.45 bits per heavy atom. The summed E-state index contributed by atoms with van der Waals surface area (Å²) in [7, 11) is 0. The third kappa shape index (κ3) is 1.89. The number of alkyl halides is 3. The van der Waals surface area contributed by atoms with Crippen LogP contribution in [-0.2, 0) is 6.18 Å². The van der Waals surface area contributed by atoms with Crippen LogP contribution in [0.25, 0.3) is 0 Å². The quantitative estimate of drug-likeness (QED) is 0.660. The van der Waals surface area contributed by atoms with Crippen molar-refractivity contribution in [1.82, 2.24) is 0 Å². The van der Waals surface area contributed by atoms with Crippen LogP contribution in [0.4, 0.5) is 13.2 Å². The van der Waals surface area contributed by atoms with Crippen LogP contribution in [0.1, 0.15) is 5.56 Å². The summed E-state index contributed by atoms with van der Waals surface area (Å²) < 4.78 is 36.0. The van der Waals surface area contributed by atoms with Crippen molar-refractivity contribution in [2.24, 2.45) is 0 Å². The Kier molecular flexibility index (Phi) is 2.51. The van der Waals surface area contributed by atoms with Gasteiger partial charge in [-0.1, -0.05) is 11.6 Å². The molecule has 0 saturated heterocycles. The summed E-state index contributed by atoms with van der Waals surface area (Å²) in [5.41, 5.74) is -0.715. The van der Waals surface area contributed by atoms with E-state index >= 15 is 0 Å². The highest BCUT2D eigenvalue weighted by Crippen LogP contribution is 2.41. The van der Waals surface area contributed by atoms with Crippen molar-refractivity contribution in [2.45, 2.75) is 6.18 Å². The van der Waals surface area contributed by atoms with Crippen LogP contribution in [-0.4, -0.2) is 0 Å². The van der Waals surface area contributed by atoms with Gasteiger partial charge in [0, 0.05) is 5.38 Å². The molecule has 1 aromatic heterocycles.